The first-order valence-electron chi connectivity index (χ1n) is 23.9. The molecule has 322 valence electrons. The predicted molar refractivity (Wildman–Crippen MR) is 290 cm³/mol. The largest absolute Gasteiger partial charge is 0.310 e. The molecule has 0 atom stereocenters. The van der Waals surface area contributed by atoms with Crippen LogP contribution >= 0.6 is 0 Å². The minimum absolute atomic E-state index is 0.498. The van der Waals surface area contributed by atoms with E-state index in [4.69, 9.17) is 0 Å². The smallest absolute Gasteiger partial charge is 0.0714 e. The van der Waals surface area contributed by atoms with Gasteiger partial charge in [-0.3, -0.25) is 0 Å². The highest BCUT2D eigenvalue weighted by molar-refractivity contribution is 6.21. The van der Waals surface area contributed by atoms with Gasteiger partial charge in [0.15, 0.2) is 0 Å². The van der Waals surface area contributed by atoms with Crippen molar-refractivity contribution >= 4 is 66.4 Å². The molecular weight excluding hydrogens is 833 g/mol. The Labute approximate surface area is 402 Å². The van der Waals surface area contributed by atoms with Gasteiger partial charge in [-0.15, -0.1) is 0 Å². The summed E-state index contributed by atoms with van der Waals surface area (Å²) >= 11 is 0. The van der Waals surface area contributed by atoms with Gasteiger partial charge in [0, 0.05) is 33.7 Å². The average Bonchev–Trinajstić information content (AvgIpc) is 3.72. The molecule has 0 aromatic heterocycles. The highest BCUT2D eigenvalue weighted by Gasteiger charge is 2.46. The van der Waals surface area contributed by atoms with Crippen LogP contribution in [0.2, 0.25) is 0 Å². The van der Waals surface area contributed by atoms with Crippen LogP contribution in [0.1, 0.15) is 22.3 Å². The van der Waals surface area contributed by atoms with Crippen LogP contribution < -0.4 is 9.80 Å². The fourth-order valence-corrected chi connectivity index (χ4v) is 11.9. The summed E-state index contributed by atoms with van der Waals surface area (Å²) in [6.45, 7) is 0. The zero-order valence-corrected chi connectivity index (χ0v) is 37.8. The molecule has 1 heterocycles. The van der Waals surface area contributed by atoms with Crippen molar-refractivity contribution in [2.75, 3.05) is 9.80 Å². The molecule has 0 fully saturated rings. The third-order valence-corrected chi connectivity index (χ3v) is 14.8. The molecule has 69 heavy (non-hydrogen) atoms. The molecule has 1 aliphatic heterocycles. The van der Waals surface area contributed by atoms with Gasteiger partial charge >= 0.3 is 0 Å². The number of hydrogen-bond donors (Lipinski definition) is 0. The molecule has 0 bridgehead atoms. The quantitative estimate of drug-likeness (QED) is 0.157. The Kier molecular flexibility index (Phi) is 8.84. The number of para-hydroxylation sites is 1. The minimum Gasteiger partial charge on any atom is -0.310 e. The van der Waals surface area contributed by atoms with E-state index in [1.165, 1.54) is 99.3 Å². The third kappa shape index (κ3) is 5.92. The summed E-state index contributed by atoms with van der Waals surface area (Å²) in [6.07, 6.45) is 0. The third-order valence-electron chi connectivity index (χ3n) is 14.8. The van der Waals surface area contributed by atoms with Crippen molar-refractivity contribution in [3.63, 3.8) is 0 Å². The normalized spacial score (nSPS) is 13.0. The summed E-state index contributed by atoms with van der Waals surface area (Å²) in [4.78, 5) is 4.89. The fourth-order valence-electron chi connectivity index (χ4n) is 11.9. The van der Waals surface area contributed by atoms with Crippen molar-refractivity contribution in [2.45, 2.75) is 5.41 Å². The Balaban J connectivity index is 0.928. The number of benzene rings is 12. The molecule has 0 unspecified atom stereocenters. The summed E-state index contributed by atoms with van der Waals surface area (Å²) in [5.74, 6) is 0. The molecule has 2 heteroatoms. The average molecular weight is 877 g/mol. The number of hydrogen-bond acceptors (Lipinski definition) is 2. The van der Waals surface area contributed by atoms with E-state index in [9.17, 15) is 0 Å². The lowest BCUT2D eigenvalue weighted by molar-refractivity contribution is 0.768. The number of rotatable bonds is 7. The van der Waals surface area contributed by atoms with E-state index in [-0.39, 0.29) is 0 Å². The Hall–Kier alpha value is -8.98. The van der Waals surface area contributed by atoms with E-state index in [2.05, 4.69) is 277 Å². The molecule has 12 aromatic rings. The summed E-state index contributed by atoms with van der Waals surface area (Å²) in [5, 5.41) is 7.46. The van der Waals surface area contributed by atoms with Gasteiger partial charge in [-0.1, -0.05) is 206 Å². The van der Waals surface area contributed by atoms with Crippen LogP contribution in [0.3, 0.4) is 0 Å². The first kappa shape index (κ1) is 39.2. The molecule has 0 radical (unpaired) electrons. The van der Waals surface area contributed by atoms with Gasteiger partial charge in [0.2, 0.25) is 0 Å². The monoisotopic (exact) mass is 876 g/mol. The minimum atomic E-state index is -0.498. The van der Waals surface area contributed by atoms with Gasteiger partial charge < -0.3 is 9.80 Å². The molecule has 0 saturated carbocycles. The second kappa shape index (κ2) is 15.6. The Bertz CT molecular complexity index is 3910. The van der Waals surface area contributed by atoms with Crippen LogP contribution in [-0.2, 0) is 5.41 Å². The van der Waals surface area contributed by atoms with Gasteiger partial charge in [-0.2, -0.15) is 0 Å². The molecule has 0 amide bonds. The molecule has 2 nitrogen and oxygen atoms in total. The second-order valence-corrected chi connectivity index (χ2v) is 18.4. The van der Waals surface area contributed by atoms with E-state index in [1.54, 1.807) is 0 Å². The zero-order chi connectivity index (χ0) is 45.5. The lowest BCUT2D eigenvalue weighted by Crippen LogP contribution is -2.28. The first-order chi connectivity index (χ1) is 34.2. The Morgan fingerprint density at radius 2 is 0.884 bits per heavy atom. The van der Waals surface area contributed by atoms with E-state index < -0.39 is 5.41 Å². The van der Waals surface area contributed by atoms with Crippen LogP contribution in [-0.4, -0.2) is 0 Å². The highest BCUT2D eigenvalue weighted by atomic mass is 15.2. The van der Waals surface area contributed by atoms with E-state index in [0.29, 0.717) is 0 Å². The predicted octanol–water partition coefficient (Wildman–Crippen LogP) is 18.1. The number of nitrogens with zero attached hydrogens (tertiary/aromatic N) is 2. The molecule has 0 spiro atoms. The van der Waals surface area contributed by atoms with Crippen LogP contribution in [0, 0.1) is 0 Å². The topological polar surface area (TPSA) is 6.48 Å². The fraction of sp³-hybridized carbons (Fsp3) is 0.0149. The maximum Gasteiger partial charge on any atom is 0.0714 e. The highest BCUT2D eigenvalue weighted by Crippen LogP contribution is 2.58. The second-order valence-electron chi connectivity index (χ2n) is 18.4. The maximum absolute atomic E-state index is 2.48. The molecule has 2 aliphatic rings. The SMILES string of the molecule is c1ccc(N(c2ccc(-c3ccc4c5c(cccc35)-c3c(ccc5ccccc35)N4c3ccc4ccccc4c3)cc2)c2ccc3c(c2)C(c2ccccc2)(c2ccccc2)c2ccccc2-3)cc1. The Morgan fingerprint density at radius 1 is 0.319 bits per heavy atom. The number of anilines is 6. The number of fused-ring (bicyclic) bond motifs is 8. The Morgan fingerprint density at radius 3 is 1.67 bits per heavy atom. The van der Waals surface area contributed by atoms with Crippen LogP contribution in [0.15, 0.2) is 267 Å². The van der Waals surface area contributed by atoms with Crippen LogP contribution in [0.5, 0.6) is 0 Å². The van der Waals surface area contributed by atoms with E-state index in [1.807, 2.05) is 0 Å². The van der Waals surface area contributed by atoms with Gasteiger partial charge in [-0.05, 0) is 138 Å². The summed E-state index contributed by atoms with van der Waals surface area (Å²) in [6, 6.07) is 98.6. The van der Waals surface area contributed by atoms with Crippen molar-refractivity contribution in [3.8, 4) is 33.4 Å². The van der Waals surface area contributed by atoms with Crippen molar-refractivity contribution in [1.29, 1.82) is 0 Å². The maximum atomic E-state index is 2.48. The summed E-state index contributed by atoms with van der Waals surface area (Å²) < 4.78 is 0. The molecule has 1 aliphatic carbocycles. The van der Waals surface area contributed by atoms with Crippen LogP contribution in [0.4, 0.5) is 34.1 Å². The van der Waals surface area contributed by atoms with Crippen molar-refractivity contribution < 1.29 is 0 Å². The molecule has 0 N–H and O–H groups in total. The van der Waals surface area contributed by atoms with E-state index >= 15 is 0 Å². The van der Waals surface area contributed by atoms with Crippen molar-refractivity contribution in [1.82, 2.24) is 0 Å². The van der Waals surface area contributed by atoms with Gasteiger partial charge in [0.1, 0.15) is 0 Å². The summed E-state index contributed by atoms with van der Waals surface area (Å²) in [7, 11) is 0. The molecule has 14 rings (SSSR count). The lowest BCUT2D eigenvalue weighted by Gasteiger charge is -2.35. The molecule has 0 saturated heterocycles. The van der Waals surface area contributed by atoms with Crippen LogP contribution in [0.25, 0.3) is 65.7 Å². The standard InChI is InChI=1S/C67H44N2/c1-4-20-49(21-5-1)67(50-22-6-2-7-23-50)61-30-15-14-27-57(61)58-39-38-54(44-62(58)67)68(51-24-8-3-9-25-51)52-35-32-47(33-36-52)55-40-42-64-66-59(55)28-16-29-60(66)65-56-26-13-12-18-46(56)34-41-63(65)69(64)53-37-31-45-17-10-11-19-48(45)43-53/h1-44H. The van der Waals surface area contributed by atoms with Gasteiger partial charge in [-0.25, -0.2) is 0 Å². The van der Waals surface area contributed by atoms with Gasteiger partial charge in [0.05, 0.1) is 16.8 Å². The van der Waals surface area contributed by atoms with Gasteiger partial charge in [0.25, 0.3) is 0 Å². The first-order valence-corrected chi connectivity index (χ1v) is 23.9. The van der Waals surface area contributed by atoms with E-state index in [0.717, 1.165) is 22.7 Å². The van der Waals surface area contributed by atoms with Crippen molar-refractivity contribution in [3.05, 3.63) is 289 Å². The summed E-state index contributed by atoms with van der Waals surface area (Å²) in [5.41, 5.74) is 18.9. The van der Waals surface area contributed by atoms with Crippen molar-refractivity contribution in [2.24, 2.45) is 0 Å². The molecule has 12 aromatic carbocycles. The molecular formula is C67H44N2. The lowest BCUT2D eigenvalue weighted by atomic mass is 9.67. The zero-order valence-electron chi connectivity index (χ0n) is 37.8.